The summed E-state index contributed by atoms with van der Waals surface area (Å²) in [4.78, 5) is 11.9. The summed E-state index contributed by atoms with van der Waals surface area (Å²) in [5.41, 5.74) is 1.80. The maximum atomic E-state index is 11.9. The summed E-state index contributed by atoms with van der Waals surface area (Å²) in [6, 6.07) is 7.53. The van der Waals surface area contributed by atoms with Crippen LogP contribution in [-0.4, -0.2) is 33.0 Å². The second-order valence-electron chi connectivity index (χ2n) is 4.26. The minimum absolute atomic E-state index is 0.266. The third-order valence-corrected chi connectivity index (χ3v) is 2.85. The largest absolute Gasteiger partial charge is 0.451 e. The average molecular weight is 263 g/mol. The second-order valence-corrected chi connectivity index (χ2v) is 4.26. The number of methoxy groups -OCH3 is 2. The molecule has 0 fully saturated rings. The minimum Gasteiger partial charge on any atom is -0.451 e. The van der Waals surface area contributed by atoms with Gasteiger partial charge in [0.25, 0.3) is 5.91 Å². The number of benzene rings is 1. The highest BCUT2D eigenvalue weighted by Gasteiger charge is 2.14. The highest BCUT2D eigenvalue weighted by atomic mass is 16.7. The number of furan rings is 1. The first-order valence-corrected chi connectivity index (χ1v) is 5.98. The van der Waals surface area contributed by atoms with Crippen LogP contribution in [0.25, 0.3) is 11.0 Å². The number of rotatable bonds is 5. The van der Waals surface area contributed by atoms with Gasteiger partial charge in [-0.05, 0) is 24.6 Å². The number of nitrogens with one attached hydrogen (secondary N) is 1. The average Bonchev–Trinajstić information content (AvgIpc) is 2.82. The van der Waals surface area contributed by atoms with Gasteiger partial charge in [0.2, 0.25) is 0 Å². The molecule has 5 nitrogen and oxygen atoms in total. The summed E-state index contributed by atoms with van der Waals surface area (Å²) >= 11 is 0. The van der Waals surface area contributed by atoms with Crippen LogP contribution in [0.3, 0.4) is 0 Å². The molecule has 2 rings (SSSR count). The molecule has 19 heavy (non-hydrogen) atoms. The van der Waals surface area contributed by atoms with Crippen molar-refractivity contribution in [3.05, 3.63) is 35.6 Å². The van der Waals surface area contributed by atoms with Gasteiger partial charge in [0.05, 0.1) is 6.54 Å². The number of aryl methyl sites for hydroxylation is 1. The zero-order valence-corrected chi connectivity index (χ0v) is 11.2. The molecule has 1 aromatic heterocycles. The maximum Gasteiger partial charge on any atom is 0.287 e. The molecule has 0 saturated heterocycles. The molecule has 2 aromatic rings. The zero-order valence-electron chi connectivity index (χ0n) is 11.2. The fourth-order valence-electron chi connectivity index (χ4n) is 1.78. The van der Waals surface area contributed by atoms with E-state index in [1.54, 1.807) is 6.07 Å². The van der Waals surface area contributed by atoms with E-state index >= 15 is 0 Å². The first kappa shape index (κ1) is 13.6. The molecule has 5 heteroatoms. The second kappa shape index (κ2) is 5.86. The fraction of sp³-hybridized carbons (Fsp3) is 0.357. The van der Waals surface area contributed by atoms with Gasteiger partial charge in [0.1, 0.15) is 5.58 Å². The lowest BCUT2D eigenvalue weighted by Gasteiger charge is -2.13. The number of carbonyl (C=O) groups excluding carboxylic acids is 1. The minimum atomic E-state index is -0.462. The van der Waals surface area contributed by atoms with Crippen molar-refractivity contribution in [2.45, 2.75) is 13.2 Å². The zero-order chi connectivity index (χ0) is 13.8. The number of ether oxygens (including phenoxy) is 2. The van der Waals surface area contributed by atoms with Gasteiger partial charge < -0.3 is 19.2 Å². The van der Waals surface area contributed by atoms with E-state index in [1.807, 2.05) is 25.1 Å². The van der Waals surface area contributed by atoms with Crippen LogP contribution in [0.1, 0.15) is 16.1 Å². The maximum absolute atomic E-state index is 11.9. The van der Waals surface area contributed by atoms with Gasteiger partial charge in [0.15, 0.2) is 12.1 Å². The van der Waals surface area contributed by atoms with Gasteiger partial charge in [-0.2, -0.15) is 0 Å². The summed E-state index contributed by atoms with van der Waals surface area (Å²) in [5, 5.41) is 3.60. The number of amides is 1. The van der Waals surface area contributed by atoms with Crippen molar-refractivity contribution in [3.8, 4) is 0 Å². The summed E-state index contributed by atoms with van der Waals surface area (Å²) in [7, 11) is 3.04. The van der Waals surface area contributed by atoms with Crippen LogP contribution >= 0.6 is 0 Å². The predicted molar refractivity (Wildman–Crippen MR) is 71.1 cm³/mol. The van der Waals surface area contributed by atoms with E-state index in [1.165, 1.54) is 14.2 Å². The number of fused-ring (bicyclic) bond motifs is 1. The van der Waals surface area contributed by atoms with Crippen molar-refractivity contribution in [3.63, 3.8) is 0 Å². The van der Waals surface area contributed by atoms with Gasteiger partial charge in [0, 0.05) is 19.6 Å². The lowest BCUT2D eigenvalue weighted by atomic mass is 10.2. The van der Waals surface area contributed by atoms with Gasteiger partial charge in [-0.25, -0.2) is 0 Å². The topological polar surface area (TPSA) is 60.7 Å². The quantitative estimate of drug-likeness (QED) is 0.839. The number of hydrogen-bond acceptors (Lipinski definition) is 4. The van der Waals surface area contributed by atoms with E-state index in [4.69, 9.17) is 13.9 Å². The molecule has 0 atom stereocenters. The van der Waals surface area contributed by atoms with Crippen molar-refractivity contribution in [1.29, 1.82) is 0 Å². The Morgan fingerprint density at radius 2 is 2.05 bits per heavy atom. The molecule has 102 valence electrons. The van der Waals surface area contributed by atoms with Crippen LogP contribution in [0.15, 0.2) is 28.7 Å². The smallest absolute Gasteiger partial charge is 0.287 e. The molecule has 1 amide bonds. The van der Waals surface area contributed by atoms with Crippen molar-refractivity contribution >= 4 is 16.9 Å². The SMILES string of the molecule is COC(CNC(=O)c1cc2ccc(C)cc2o1)OC. The molecule has 1 N–H and O–H groups in total. The predicted octanol–water partition coefficient (Wildman–Crippen LogP) is 2.09. The van der Waals surface area contributed by atoms with E-state index in [0.717, 1.165) is 10.9 Å². The van der Waals surface area contributed by atoms with Crippen LogP contribution in [0.5, 0.6) is 0 Å². The Kier molecular flexibility index (Phi) is 4.19. The molecule has 0 aliphatic heterocycles. The van der Waals surface area contributed by atoms with Gasteiger partial charge in [-0.15, -0.1) is 0 Å². The van der Waals surface area contributed by atoms with Crippen LogP contribution in [0.2, 0.25) is 0 Å². The van der Waals surface area contributed by atoms with Gasteiger partial charge in [-0.1, -0.05) is 12.1 Å². The Morgan fingerprint density at radius 1 is 1.32 bits per heavy atom. The molecule has 0 spiro atoms. The van der Waals surface area contributed by atoms with Crippen molar-refractivity contribution < 1.29 is 18.7 Å². The molecule has 0 bridgehead atoms. The van der Waals surface area contributed by atoms with Gasteiger partial charge in [-0.3, -0.25) is 4.79 Å². The normalized spacial score (nSPS) is 11.2. The Hall–Kier alpha value is -1.85. The van der Waals surface area contributed by atoms with E-state index in [2.05, 4.69) is 5.32 Å². The van der Waals surface area contributed by atoms with Crippen LogP contribution in [0.4, 0.5) is 0 Å². The Morgan fingerprint density at radius 3 is 2.74 bits per heavy atom. The third-order valence-electron chi connectivity index (χ3n) is 2.85. The summed E-state index contributed by atoms with van der Waals surface area (Å²) < 4.78 is 15.5. The summed E-state index contributed by atoms with van der Waals surface area (Å²) in [6.45, 7) is 2.24. The summed E-state index contributed by atoms with van der Waals surface area (Å²) in [6.07, 6.45) is -0.462. The van der Waals surface area contributed by atoms with Crippen molar-refractivity contribution in [2.24, 2.45) is 0 Å². The molecular formula is C14H17NO4. The summed E-state index contributed by atoms with van der Waals surface area (Å²) in [5.74, 6) is -0.000454. The van der Waals surface area contributed by atoms with Gasteiger partial charge >= 0.3 is 0 Å². The van der Waals surface area contributed by atoms with E-state index in [0.29, 0.717) is 5.58 Å². The Labute approximate surface area is 111 Å². The first-order valence-electron chi connectivity index (χ1n) is 5.98. The highest BCUT2D eigenvalue weighted by molar-refractivity contribution is 5.96. The highest BCUT2D eigenvalue weighted by Crippen LogP contribution is 2.20. The van der Waals surface area contributed by atoms with E-state index in [-0.39, 0.29) is 18.2 Å². The van der Waals surface area contributed by atoms with Crippen molar-refractivity contribution in [2.75, 3.05) is 20.8 Å². The molecule has 0 radical (unpaired) electrons. The standard InChI is InChI=1S/C14H17NO4/c1-9-4-5-10-7-12(19-11(10)6-9)14(16)15-8-13(17-2)18-3/h4-7,13H,8H2,1-3H3,(H,15,16). The number of carbonyl (C=O) groups is 1. The first-order chi connectivity index (χ1) is 9.13. The molecule has 0 aliphatic carbocycles. The molecule has 0 unspecified atom stereocenters. The Bertz CT molecular complexity index is 572. The monoisotopic (exact) mass is 263 g/mol. The van der Waals surface area contributed by atoms with Crippen LogP contribution in [0, 0.1) is 6.92 Å². The Balaban J connectivity index is 2.09. The molecular weight excluding hydrogens is 246 g/mol. The molecule has 0 aliphatic rings. The third kappa shape index (κ3) is 3.13. The van der Waals surface area contributed by atoms with Crippen LogP contribution in [-0.2, 0) is 9.47 Å². The van der Waals surface area contributed by atoms with E-state index in [9.17, 15) is 4.79 Å². The lowest BCUT2D eigenvalue weighted by Crippen LogP contribution is -2.33. The van der Waals surface area contributed by atoms with E-state index < -0.39 is 6.29 Å². The molecule has 1 heterocycles. The fourth-order valence-corrected chi connectivity index (χ4v) is 1.78. The lowest BCUT2D eigenvalue weighted by molar-refractivity contribution is -0.0975. The molecule has 1 aromatic carbocycles. The number of hydrogen-bond donors (Lipinski definition) is 1. The van der Waals surface area contributed by atoms with Crippen LogP contribution < -0.4 is 5.32 Å². The molecule has 0 saturated carbocycles. The van der Waals surface area contributed by atoms with Crippen molar-refractivity contribution in [1.82, 2.24) is 5.32 Å².